The molecule has 0 saturated heterocycles. The average Bonchev–Trinajstić information content (AvgIpc) is 2.97. The second-order valence-electron chi connectivity index (χ2n) is 5.12. The van der Waals surface area contributed by atoms with E-state index in [0.29, 0.717) is 6.61 Å². The summed E-state index contributed by atoms with van der Waals surface area (Å²) < 4.78 is 0. The van der Waals surface area contributed by atoms with Gasteiger partial charge in [-0.1, -0.05) is 12.1 Å². The Hall–Kier alpha value is -1.32. The van der Waals surface area contributed by atoms with Crippen molar-refractivity contribution in [1.29, 1.82) is 0 Å². The largest absolute Gasteiger partial charge is 0.396 e. The maximum atomic E-state index is 9.25. The normalized spacial score (nSPS) is 17.5. The van der Waals surface area contributed by atoms with Crippen LogP contribution in [0.2, 0.25) is 0 Å². The molecule has 0 spiro atoms. The molecule has 1 aromatic heterocycles. The number of hydrogen-bond donors (Lipinski definition) is 3. The Kier molecular flexibility index (Phi) is 2.65. The van der Waals surface area contributed by atoms with Gasteiger partial charge in [-0.25, -0.2) is 0 Å². The molecule has 3 N–H and O–H groups in total. The van der Waals surface area contributed by atoms with Crippen molar-refractivity contribution in [2.24, 2.45) is 5.41 Å². The van der Waals surface area contributed by atoms with Crippen molar-refractivity contribution in [1.82, 2.24) is 10.3 Å². The van der Waals surface area contributed by atoms with Crippen molar-refractivity contribution in [3.63, 3.8) is 0 Å². The van der Waals surface area contributed by atoms with Gasteiger partial charge in [-0.2, -0.15) is 0 Å². The van der Waals surface area contributed by atoms with Gasteiger partial charge in [-0.15, -0.1) is 0 Å². The first-order valence-electron chi connectivity index (χ1n) is 6.20. The SMILES string of the molecule is OCC1(CNCc2cccc3[nH]ccc23)CC1. The van der Waals surface area contributed by atoms with E-state index in [1.165, 1.54) is 16.5 Å². The van der Waals surface area contributed by atoms with Gasteiger partial charge in [0.15, 0.2) is 0 Å². The molecule has 0 amide bonds. The number of H-pyrrole nitrogens is 1. The van der Waals surface area contributed by atoms with Crippen molar-refractivity contribution in [2.45, 2.75) is 19.4 Å². The molecule has 0 radical (unpaired) electrons. The van der Waals surface area contributed by atoms with Gasteiger partial charge >= 0.3 is 0 Å². The van der Waals surface area contributed by atoms with Gasteiger partial charge in [0.1, 0.15) is 0 Å². The Morgan fingerprint density at radius 1 is 1.29 bits per heavy atom. The van der Waals surface area contributed by atoms with E-state index < -0.39 is 0 Å². The molecular formula is C14H18N2O. The lowest BCUT2D eigenvalue weighted by Gasteiger charge is -2.13. The van der Waals surface area contributed by atoms with Crippen molar-refractivity contribution in [3.8, 4) is 0 Å². The highest BCUT2D eigenvalue weighted by molar-refractivity contribution is 5.82. The zero-order chi connectivity index (χ0) is 11.7. The molecule has 0 atom stereocenters. The predicted molar refractivity (Wildman–Crippen MR) is 68.8 cm³/mol. The molecule has 17 heavy (non-hydrogen) atoms. The molecule has 1 aromatic carbocycles. The topological polar surface area (TPSA) is 48.0 Å². The first-order chi connectivity index (χ1) is 8.33. The van der Waals surface area contributed by atoms with E-state index in [-0.39, 0.29) is 5.41 Å². The van der Waals surface area contributed by atoms with Crippen LogP contribution in [0, 0.1) is 5.41 Å². The van der Waals surface area contributed by atoms with E-state index in [9.17, 15) is 5.11 Å². The fraction of sp³-hybridized carbons (Fsp3) is 0.429. The van der Waals surface area contributed by atoms with E-state index in [2.05, 4.69) is 34.6 Å². The lowest BCUT2D eigenvalue weighted by molar-refractivity contribution is 0.207. The summed E-state index contributed by atoms with van der Waals surface area (Å²) in [5, 5.41) is 14.0. The maximum Gasteiger partial charge on any atom is 0.0499 e. The second kappa shape index (κ2) is 4.17. The van der Waals surface area contributed by atoms with E-state index in [1.54, 1.807) is 0 Å². The first kappa shape index (κ1) is 10.8. The van der Waals surface area contributed by atoms with Crippen LogP contribution in [0.3, 0.4) is 0 Å². The van der Waals surface area contributed by atoms with E-state index in [4.69, 9.17) is 0 Å². The lowest BCUT2D eigenvalue weighted by Crippen LogP contribution is -2.26. The predicted octanol–water partition coefficient (Wildman–Crippen LogP) is 2.03. The maximum absolute atomic E-state index is 9.25. The highest BCUT2D eigenvalue weighted by Gasteiger charge is 2.41. The number of benzene rings is 1. The molecule has 2 aromatic rings. The minimum Gasteiger partial charge on any atom is -0.396 e. The Labute approximate surface area is 101 Å². The average molecular weight is 230 g/mol. The highest BCUT2D eigenvalue weighted by Crippen LogP contribution is 2.44. The molecule has 90 valence electrons. The zero-order valence-electron chi connectivity index (χ0n) is 9.87. The number of hydrogen-bond acceptors (Lipinski definition) is 2. The number of aliphatic hydroxyl groups is 1. The van der Waals surface area contributed by atoms with Crippen molar-refractivity contribution >= 4 is 10.9 Å². The Bertz CT molecular complexity index is 514. The smallest absolute Gasteiger partial charge is 0.0499 e. The number of nitrogens with one attached hydrogen (secondary N) is 2. The fourth-order valence-electron chi connectivity index (χ4n) is 2.33. The van der Waals surface area contributed by atoms with Gasteiger partial charge in [0.2, 0.25) is 0 Å². The van der Waals surface area contributed by atoms with Gasteiger partial charge in [0, 0.05) is 42.2 Å². The Morgan fingerprint density at radius 2 is 2.18 bits per heavy atom. The summed E-state index contributed by atoms with van der Waals surface area (Å²) in [7, 11) is 0. The van der Waals surface area contributed by atoms with Crippen LogP contribution < -0.4 is 5.32 Å². The summed E-state index contributed by atoms with van der Waals surface area (Å²) >= 11 is 0. The third-order valence-corrected chi connectivity index (χ3v) is 3.79. The van der Waals surface area contributed by atoms with Crippen LogP contribution >= 0.6 is 0 Å². The van der Waals surface area contributed by atoms with Crippen molar-refractivity contribution in [3.05, 3.63) is 36.0 Å². The standard InChI is InChI=1S/C14H18N2O/c17-10-14(5-6-14)9-15-8-11-2-1-3-13-12(11)4-7-16-13/h1-4,7,15-17H,5-6,8-10H2. The van der Waals surface area contributed by atoms with Crippen molar-refractivity contribution in [2.75, 3.05) is 13.2 Å². The van der Waals surface area contributed by atoms with Crippen LogP contribution in [0.4, 0.5) is 0 Å². The molecule has 0 aliphatic heterocycles. The van der Waals surface area contributed by atoms with E-state index >= 15 is 0 Å². The number of aromatic amines is 1. The Balaban J connectivity index is 1.66. The van der Waals surface area contributed by atoms with Crippen LogP contribution in [-0.2, 0) is 6.54 Å². The van der Waals surface area contributed by atoms with E-state index in [1.807, 2.05) is 6.20 Å². The molecule has 1 fully saturated rings. The molecule has 3 nitrogen and oxygen atoms in total. The molecule has 1 aliphatic rings. The molecule has 0 bridgehead atoms. The van der Waals surface area contributed by atoms with Gasteiger partial charge in [-0.05, 0) is 30.5 Å². The summed E-state index contributed by atoms with van der Waals surface area (Å²) in [6.07, 6.45) is 4.29. The van der Waals surface area contributed by atoms with Crippen molar-refractivity contribution < 1.29 is 5.11 Å². The third kappa shape index (κ3) is 2.08. The zero-order valence-corrected chi connectivity index (χ0v) is 9.87. The summed E-state index contributed by atoms with van der Waals surface area (Å²) in [5.74, 6) is 0. The van der Waals surface area contributed by atoms with Crippen LogP contribution in [0.5, 0.6) is 0 Å². The molecule has 3 heteroatoms. The summed E-state index contributed by atoms with van der Waals surface area (Å²) in [6, 6.07) is 8.44. The van der Waals surface area contributed by atoms with Crippen LogP contribution in [0.25, 0.3) is 10.9 Å². The number of fused-ring (bicyclic) bond motifs is 1. The van der Waals surface area contributed by atoms with Crippen LogP contribution in [0.15, 0.2) is 30.5 Å². The van der Waals surface area contributed by atoms with Gasteiger partial charge in [0.05, 0.1) is 0 Å². The highest BCUT2D eigenvalue weighted by atomic mass is 16.3. The van der Waals surface area contributed by atoms with Gasteiger partial charge < -0.3 is 15.4 Å². The monoisotopic (exact) mass is 230 g/mol. The van der Waals surface area contributed by atoms with Gasteiger partial charge in [-0.3, -0.25) is 0 Å². The summed E-state index contributed by atoms with van der Waals surface area (Å²) in [4.78, 5) is 3.22. The third-order valence-electron chi connectivity index (χ3n) is 3.79. The minimum absolute atomic E-state index is 0.187. The number of aliphatic hydroxyl groups excluding tert-OH is 1. The molecule has 1 aliphatic carbocycles. The van der Waals surface area contributed by atoms with Gasteiger partial charge in [0.25, 0.3) is 0 Å². The Morgan fingerprint density at radius 3 is 2.94 bits per heavy atom. The lowest BCUT2D eigenvalue weighted by atomic mass is 10.1. The minimum atomic E-state index is 0.187. The number of rotatable bonds is 5. The second-order valence-corrected chi connectivity index (χ2v) is 5.12. The van der Waals surface area contributed by atoms with E-state index in [0.717, 1.165) is 25.9 Å². The molecular weight excluding hydrogens is 212 g/mol. The molecule has 1 saturated carbocycles. The first-order valence-corrected chi connectivity index (χ1v) is 6.20. The molecule has 0 unspecified atom stereocenters. The number of aromatic nitrogens is 1. The summed E-state index contributed by atoms with van der Waals surface area (Å²) in [5.41, 5.74) is 2.69. The molecule has 1 heterocycles. The fourth-order valence-corrected chi connectivity index (χ4v) is 2.33. The van der Waals surface area contributed by atoms with Crippen LogP contribution in [-0.4, -0.2) is 23.2 Å². The quantitative estimate of drug-likeness (QED) is 0.736. The molecule has 3 rings (SSSR count). The summed E-state index contributed by atoms with van der Waals surface area (Å²) in [6.45, 7) is 2.11. The van der Waals surface area contributed by atoms with Crippen LogP contribution in [0.1, 0.15) is 18.4 Å².